The zero-order valence-corrected chi connectivity index (χ0v) is 17.0. The van der Waals surface area contributed by atoms with E-state index in [9.17, 15) is 19.5 Å². The van der Waals surface area contributed by atoms with E-state index in [0.29, 0.717) is 38.8 Å². The van der Waals surface area contributed by atoms with E-state index in [0.717, 1.165) is 33.4 Å². The molecule has 0 fully saturated rings. The Balaban J connectivity index is 2.19. The highest BCUT2D eigenvalue weighted by Gasteiger charge is 2.46. The Morgan fingerprint density at radius 1 is 1.03 bits per heavy atom. The second-order valence-corrected chi connectivity index (χ2v) is 7.87. The van der Waals surface area contributed by atoms with Crippen molar-refractivity contribution in [1.82, 2.24) is 10.6 Å². The molecule has 0 unspecified atom stereocenters. The van der Waals surface area contributed by atoms with Crippen LogP contribution in [0.1, 0.15) is 46.7 Å². The third-order valence-electron chi connectivity index (χ3n) is 5.69. The number of carbonyl (C=O) groups excluding carboxylic acids is 2. The minimum Gasteiger partial charge on any atom is -0.480 e. The fraction of sp³-hybridized carbons (Fsp3) is 0.348. The lowest BCUT2D eigenvalue weighted by molar-refractivity contribution is -0.142. The summed E-state index contributed by atoms with van der Waals surface area (Å²) in [5.74, 6) is -0.929. The predicted molar refractivity (Wildman–Crippen MR) is 113 cm³/mol. The first-order valence-corrected chi connectivity index (χ1v) is 10.00. The van der Waals surface area contributed by atoms with E-state index in [1.165, 1.54) is 0 Å². The maximum Gasteiger partial charge on any atom is 0.318 e. The number of carboxylic acids is 1. The average molecular weight is 409 g/mol. The van der Waals surface area contributed by atoms with Crippen LogP contribution >= 0.6 is 0 Å². The molecule has 0 aliphatic heterocycles. The lowest BCUT2D eigenvalue weighted by Crippen LogP contribution is -2.42. The van der Waals surface area contributed by atoms with Gasteiger partial charge in [-0.1, -0.05) is 36.4 Å². The SMILES string of the molecule is C[C@@H](N)CC1(C(=O)O)c2ccc(CNC=O)cc2CCc2cc(CNC=O)ccc21. The molecule has 0 saturated heterocycles. The Labute approximate surface area is 175 Å². The van der Waals surface area contributed by atoms with Crippen LogP contribution in [0.5, 0.6) is 0 Å². The molecule has 1 aliphatic carbocycles. The molecule has 1 atom stereocenters. The van der Waals surface area contributed by atoms with Crippen LogP contribution in [0.2, 0.25) is 0 Å². The van der Waals surface area contributed by atoms with Crippen LogP contribution in [0.4, 0.5) is 0 Å². The molecule has 30 heavy (non-hydrogen) atoms. The van der Waals surface area contributed by atoms with E-state index in [1.54, 1.807) is 0 Å². The van der Waals surface area contributed by atoms with Crippen molar-refractivity contribution in [3.63, 3.8) is 0 Å². The van der Waals surface area contributed by atoms with E-state index < -0.39 is 11.4 Å². The summed E-state index contributed by atoms with van der Waals surface area (Å²) >= 11 is 0. The van der Waals surface area contributed by atoms with Gasteiger partial charge < -0.3 is 21.5 Å². The molecular weight excluding hydrogens is 382 g/mol. The minimum atomic E-state index is -1.26. The topological polar surface area (TPSA) is 122 Å². The smallest absolute Gasteiger partial charge is 0.318 e. The monoisotopic (exact) mass is 409 g/mol. The molecule has 158 valence electrons. The molecule has 5 N–H and O–H groups in total. The maximum absolute atomic E-state index is 12.8. The van der Waals surface area contributed by atoms with Gasteiger partial charge in [-0.2, -0.15) is 0 Å². The first-order valence-electron chi connectivity index (χ1n) is 10.00. The normalized spacial score (nSPS) is 15.1. The molecule has 0 aromatic heterocycles. The molecule has 3 rings (SSSR count). The van der Waals surface area contributed by atoms with Gasteiger partial charge in [-0.05, 0) is 59.6 Å². The molecule has 0 spiro atoms. The third kappa shape index (κ3) is 4.07. The quantitative estimate of drug-likeness (QED) is 0.466. The zero-order valence-electron chi connectivity index (χ0n) is 17.0. The number of hydrogen-bond donors (Lipinski definition) is 4. The number of aryl methyl sites for hydroxylation is 2. The lowest BCUT2D eigenvalue weighted by atomic mass is 9.68. The Kier molecular flexibility index (Phi) is 6.52. The number of nitrogens with two attached hydrogens (primary N) is 1. The van der Waals surface area contributed by atoms with E-state index in [1.807, 2.05) is 43.3 Å². The molecule has 0 radical (unpaired) electrons. The Hall–Kier alpha value is -3.19. The second-order valence-electron chi connectivity index (χ2n) is 7.87. The van der Waals surface area contributed by atoms with Crippen LogP contribution in [0, 0.1) is 0 Å². The highest BCUT2D eigenvalue weighted by atomic mass is 16.4. The molecule has 2 aromatic rings. The maximum atomic E-state index is 12.8. The van der Waals surface area contributed by atoms with E-state index in [2.05, 4.69) is 10.6 Å². The lowest BCUT2D eigenvalue weighted by Gasteiger charge is -2.34. The Bertz CT molecular complexity index is 892. The van der Waals surface area contributed by atoms with Gasteiger partial charge in [-0.3, -0.25) is 14.4 Å². The van der Waals surface area contributed by atoms with E-state index in [4.69, 9.17) is 5.73 Å². The molecule has 2 aromatic carbocycles. The number of benzene rings is 2. The zero-order chi connectivity index (χ0) is 21.7. The molecule has 0 saturated carbocycles. The van der Waals surface area contributed by atoms with Crippen molar-refractivity contribution in [2.24, 2.45) is 5.73 Å². The van der Waals surface area contributed by atoms with Gasteiger partial charge in [0.25, 0.3) is 0 Å². The van der Waals surface area contributed by atoms with Crippen molar-refractivity contribution in [3.05, 3.63) is 69.8 Å². The predicted octanol–water partition coefficient (Wildman–Crippen LogP) is 1.39. The highest BCUT2D eigenvalue weighted by molar-refractivity contribution is 5.88. The third-order valence-corrected chi connectivity index (χ3v) is 5.69. The average Bonchev–Trinajstić information content (AvgIpc) is 2.85. The van der Waals surface area contributed by atoms with Gasteiger partial charge in [-0.25, -0.2) is 0 Å². The summed E-state index contributed by atoms with van der Waals surface area (Å²) in [4.78, 5) is 34.2. The number of amides is 2. The van der Waals surface area contributed by atoms with Gasteiger partial charge in [0, 0.05) is 19.1 Å². The number of fused-ring (bicyclic) bond motifs is 2. The highest BCUT2D eigenvalue weighted by Crippen LogP contribution is 2.43. The van der Waals surface area contributed by atoms with Crippen molar-refractivity contribution in [2.75, 3.05) is 0 Å². The number of rotatable bonds is 9. The van der Waals surface area contributed by atoms with Crippen molar-refractivity contribution in [1.29, 1.82) is 0 Å². The largest absolute Gasteiger partial charge is 0.480 e. The molecule has 0 bridgehead atoms. The van der Waals surface area contributed by atoms with Crippen LogP contribution in [0.3, 0.4) is 0 Å². The van der Waals surface area contributed by atoms with Crippen LogP contribution in [0.25, 0.3) is 0 Å². The van der Waals surface area contributed by atoms with Gasteiger partial charge >= 0.3 is 5.97 Å². The number of carbonyl (C=O) groups is 3. The Morgan fingerprint density at radius 2 is 1.50 bits per heavy atom. The first kappa shape index (κ1) is 21.5. The van der Waals surface area contributed by atoms with Gasteiger partial charge in [-0.15, -0.1) is 0 Å². The van der Waals surface area contributed by atoms with Crippen LogP contribution < -0.4 is 16.4 Å². The van der Waals surface area contributed by atoms with Crippen LogP contribution in [-0.2, 0) is 45.7 Å². The molecular formula is C23H27N3O4. The summed E-state index contributed by atoms with van der Waals surface area (Å²) in [5.41, 5.74) is 10.1. The summed E-state index contributed by atoms with van der Waals surface area (Å²) in [5, 5.41) is 15.8. The summed E-state index contributed by atoms with van der Waals surface area (Å²) in [6, 6.07) is 11.1. The fourth-order valence-electron chi connectivity index (χ4n) is 4.51. The molecule has 0 heterocycles. The number of carboxylic acid groups (broad SMARTS) is 1. The summed E-state index contributed by atoms with van der Waals surface area (Å²) < 4.78 is 0. The van der Waals surface area contributed by atoms with Crippen LogP contribution in [-0.4, -0.2) is 29.9 Å². The number of aliphatic carboxylic acids is 1. The summed E-state index contributed by atoms with van der Waals surface area (Å²) in [7, 11) is 0. The number of hydrogen-bond acceptors (Lipinski definition) is 4. The molecule has 2 amide bonds. The van der Waals surface area contributed by atoms with Gasteiger partial charge in [0.2, 0.25) is 12.8 Å². The van der Waals surface area contributed by atoms with Crippen molar-refractivity contribution in [3.8, 4) is 0 Å². The standard InChI is InChI=1S/C23H27N3O4/c1-15(24)10-23(22(29)30)20-6-2-16(11-25-13-27)8-18(20)4-5-19-9-17(12-26-14-28)3-7-21(19)23/h2-3,6-9,13-15H,4-5,10-12,24H2,1H3,(H,25,27)(H,26,28)(H,29,30)/t15-/m1/s1. The van der Waals surface area contributed by atoms with Gasteiger partial charge in [0.1, 0.15) is 5.41 Å². The second kappa shape index (κ2) is 9.09. The van der Waals surface area contributed by atoms with Crippen molar-refractivity contribution in [2.45, 2.75) is 50.7 Å². The Morgan fingerprint density at radius 3 is 1.87 bits per heavy atom. The van der Waals surface area contributed by atoms with E-state index in [-0.39, 0.29) is 12.5 Å². The van der Waals surface area contributed by atoms with Crippen molar-refractivity contribution >= 4 is 18.8 Å². The minimum absolute atomic E-state index is 0.264. The molecule has 7 nitrogen and oxygen atoms in total. The van der Waals surface area contributed by atoms with Gasteiger partial charge in [0.15, 0.2) is 0 Å². The van der Waals surface area contributed by atoms with Crippen molar-refractivity contribution < 1.29 is 19.5 Å². The molecule has 1 aliphatic rings. The van der Waals surface area contributed by atoms with Gasteiger partial charge in [0.05, 0.1) is 0 Å². The summed E-state index contributed by atoms with van der Waals surface area (Å²) in [6.45, 7) is 2.59. The molecule has 7 heteroatoms. The fourth-order valence-corrected chi connectivity index (χ4v) is 4.51. The van der Waals surface area contributed by atoms with E-state index >= 15 is 0 Å². The first-order chi connectivity index (χ1) is 14.4. The number of nitrogens with one attached hydrogen (secondary N) is 2. The summed E-state index contributed by atoms with van der Waals surface area (Å²) in [6.07, 6.45) is 2.91. The van der Waals surface area contributed by atoms with Crippen LogP contribution in [0.15, 0.2) is 36.4 Å².